The minimum absolute atomic E-state index is 0.0828. The van der Waals surface area contributed by atoms with Crippen LogP contribution in [0.3, 0.4) is 0 Å². The summed E-state index contributed by atoms with van der Waals surface area (Å²) in [5.74, 6) is -1.83. The van der Waals surface area contributed by atoms with Gasteiger partial charge in [0, 0.05) is 23.7 Å². The first-order valence-corrected chi connectivity index (χ1v) is 13.9. The lowest BCUT2D eigenvalue weighted by Crippen LogP contribution is -2.34. The van der Waals surface area contributed by atoms with Crippen molar-refractivity contribution in [2.45, 2.75) is 25.2 Å². The van der Waals surface area contributed by atoms with Crippen LogP contribution in [0.1, 0.15) is 36.4 Å². The van der Waals surface area contributed by atoms with Crippen LogP contribution in [0, 0.1) is 28.7 Å². The molecular formula is C32H26ClF2N3O4. The second-order valence-corrected chi connectivity index (χ2v) is 11.1. The molecule has 1 aromatic heterocycles. The number of carbonyl (C=O) groups is 2. The van der Waals surface area contributed by atoms with Gasteiger partial charge in [0.25, 0.3) is 0 Å². The Morgan fingerprint density at radius 1 is 1.05 bits per heavy atom. The molecule has 2 heterocycles. The summed E-state index contributed by atoms with van der Waals surface area (Å²) in [7, 11) is 1.27. The van der Waals surface area contributed by atoms with E-state index in [0.717, 1.165) is 35.2 Å². The predicted octanol–water partition coefficient (Wildman–Crippen LogP) is 7.26. The fourth-order valence-corrected chi connectivity index (χ4v) is 5.95. The fraction of sp³-hybridized carbons (Fsp3) is 0.219. The van der Waals surface area contributed by atoms with E-state index in [1.807, 2.05) is 24.3 Å². The van der Waals surface area contributed by atoms with Crippen molar-refractivity contribution in [1.82, 2.24) is 0 Å². The van der Waals surface area contributed by atoms with Crippen LogP contribution < -0.4 is 15.4 Å². The van der Waals surface area contributed by atoms with E-state index in [1.54, 1.807) is 24.3 Å². The molecule has 0 unspecified atom stereocenters. The van der Waals surface area contributed by atoms with Crippen molar-refractivity contribution in [2.75, 3.05) is 17.7 Å². The Hall–Kier alpha value is -4.50. The van der Waals surface area contributed by atoms with E-state index < -0.39 is 17.7 Å². The number of carbonyl (C=O) groups excluding carboxylic acids is 2. The van der Waals surface area contributed by atoms with Gasteiger partial charge in [0.2, 0.25) is 5.91 Å². The number of pyridine rings is 1. The van der Waals surface area contributed by atoms with Crippen LogP contribution in [-0.2, 0) is 9.53 Å². The predicted molar refractivity (Wildman–Crippen MR) is 155 cm³/mol. The maximum absolute atomic E-state index is 14.7. The average molecular weight is 590 g/mol. The van der Waals surface area contributed by atoms with Gasteiger partial charge < -0.3 is 15.3 Å². The lowest BCUT2D eigenvalue weighted by Gasteiger charge is -2.20. The molecule has 10 heteroatoms. The summed E-state index contributed by atoms with van der Waals surface area (Å²) in [4.78, 5) is 24.8. The second-order valence-electron chi connectivity index (χ2n) is 10.7. The highest BCUT2D eigenvalue weighted by Gasteiger charge is 2.42. The molecule has 3 aromatic carbocycles. The maximum Gasteiger partial charge on any atom is 0.411 e. The molecule has 1 saturated carbocycles. The molecular weight excluding hydrogens is 564 g/mol. The molecule has 7 nitrogen and oxygen atoms in total. The SMILES string of the molecule is COC(=O)Nc1ccc2c(c1)NC(=O)C[C@H]1C[C@@H]1C[C@H](c1ccc(-c3c(F)ccc(Cl)c3F)c[n+]1[O-])c1cccc-2c1. The quantitative estimate of drug-likeness (QED) is 0.149. The molecule has 1 fully saturated rings. The number of anilines is 2. The molecule has 42 heavy (non-hydrogen) atoms. The van der Waals surface area contributed by atoms with E-state index >= 15 is 0 Å². The van der Waals surface area contributed by atoms with Crippen LogP contribution in [0.15, 0.2) is 72.9 Å². The maximum atomic E-state index is 14.7. The lowest BCUT2D eigenvalue weighted by molar-refractivity contribution is -0.614. The highest BCUT2D eigenvalue weighted by Crippen LogP contribution is 2.49. The summed E-state index contributed by atoms with van der Waals surface area (Å²) < 4.78 is 34.6. The minimum Gasteiger partial charge on any atom is -0.618 e. The third-order valence-corrected chi connectivity index (χ3v) is 8.31. The second kappa shape index (κ2) is 11.1. The Bertz CT molecular complexity index is 1730. The highest BCUT2D eigenvalue weighted by atomic mass is 35.5. The number of amides is 2. The van der Waals surface area contributed by atoms with Crippen LogP contribution in [0.25, 0.3) is 22.3 Å². The molecule has 1 aliphatic heterocycles. The average Bonchev–Trinajstić information content (AvgIpc) is 3.70. The van der Waals surface area contributed by atoms with Crippen molar-refractivity contribution < 1.29 is 27.8 Å². The van der Waals surface area contributed by atoms with Crippen LogP contribution in [-0.4, -0.2) is 19.1 Å². The van der Waals surface area contributed by atoms with Gasteiger partial charge in [-0.15, -0.1) is 0 Å². The summed E-state index contributed by atoms with van der Waals surface area (Å²) in [5.41, 5.74) is 3.60. The third kappa shape index (κ3) is 5.39. The van der Waals surface area contributed by atoms with Gasteiger partial charge in [0.05, 0.1) is 34.9 Å². The first-order chi connectivity index (χ1) is 20.2. The highest BCUT2D eigenvalue weighted by molar-refractivity contribution is 6.31. The number of rotatable bonds is 3. The van der Waals surface area contributed by atoms with E-state index in [-0.39, 0.29) is 39.8 Å². The molecule has 3 atom stereocenters. The molecule has 6 rings (SSSR count). The van der Waals surface area contributed by atoms with Crippen molar-refractivity contribution in [3.63, 3.8) is 0 Å². The zero-order valence-electron chi connectivity index (χ0n) is 22.5. The Balaban J connectivity index is 1.43. The Labute approximate surface area is 245 Å². The number of aromatic nitrogens is 1. The van der Waals surface area contributed by atoms with Gasteiger partial charge in [-0.1, -0.05) is 41.9 Å². The van der Waals surface area contributed by atoms with E-state index in [2.05, 4.69) is 10.6 Å². The molecule has 2 amide bonds. The molecule has 0 radical (unpaired) electrons. The molecule has 0 spiro atoms. The summed E-state index contributed by atoms with van der Waals surface area (Å²) in [6.45, 7) is 0. The van der Waals surface area contributed by atoms with Crippen LogP contribution in [0.4, 0.5) is 25.0 Å². The van der Waals surface area contributed by atoms with Crippen molar-refractivity contribution in [2.24, 2.45) is 11.8 Å². The largest absolute Gasteiger partial charge is 0.618 e. The van der Waals surface area contributed by atoms with Crippen molar-refractivity contribution >= 4 is 35.0 Å². The normalized spacial score (nSPS) is 19.3. The van der Waals surface area contributed by atoms with Gasteiger partial charge in [-0.3, -0.25) is 10.1 Å². The van der Waals surface area contributed by atoms with Crippen molar-refractivity contribution in [3.05, 3.63) is 106 Å². The van der Waals surface area contributed by atoms with Crippen LogP contribution >= 0.6 is 11.6 Å². The minimum atomic E-state index is -0.925. The van der Waals surface area contributed by atoms with Gasteiger partial charge in [-0.25, -0.2) is 13.6 Å². The molecule has 214 valence electrons. The Morgan fingerprint density at radius 2 is 1.88 bits per heavy atom. The van der Waals surface area contributed by atoms with Crippen LogP contribution in [0.2, 0.25) is 5.02 Å². The van der Waals surface area contributed by atoms with Crippen LogP contribution in [0.5, 0.6) is 0 Å². The van der Waals surface area contributed by atoms with Crippen molar-refractivity contribution in [1.29, 1.82) is 0 Å². The zero-order chi connectivity index (χ0) is 29.5. The summed E-state index contributed by atoms with van der Waals surface area (Å²) in [6, 6.07) is 18.3. The topological polar surface area (TPSA) is 94.4 Å². The number of benzene rings is 3. The van der Waals surface area contributed by atoms with Gasteiger partial charge >= 0.3 is 6.09 Å². The van der Waals surface area contributed by atoms with Gasteiger partial charge in [0.15, 0.2) is 17.7 Å². The molecule has 1 aliphatic carbocycles. The number of methoxy groups -OCH3 is 1. The standard InChI is InChI=1S/C32H26ClF2N3O4/c1-42-32(40)36-22-6-7-23-17-3-2-4-18(11-17)24(13-20-12-21(20)14-29(39)37-27(23)15-22)28-10-5-19(16-38(28)41)30-26(34)9-8-25(33)31(30)35/h2-11,15-16,20-21,24H,12-14H2,1H3,(H,36,40)(H,37,39)/t20-,21-,24+/m1/s1. The first-order valence-electron chi connectivity index (χ1n) is 13.5. The number of fused-ring (bicyclic) bond motifs is 5. The number of ether oxygens (including phenoxy) is 1. The lowest BCUT2D eigenvalue weighted by atomic mass is 9.86. The monoisotopic (exact) mass is 589 g/mol. The molecule has 2 aliphatic rings. The first kappa shape index (κ1) is 27.7. The fourth-order valence-electron chi connectivity index (χ4n) is 5.79. The van der Waals surface area contributed by atoms with E-state index in [0.29, 0.717) is 34.6 Å². The summed E-state index contributed by atoms with van der Waals surface area (Å²) in [5, 5.41) is 18.8. The van der Waals surface area contributed by atoms with E-state index in [9.17, 15) is 23.6 Å². The molecule has 2 N–H and O–H groups in total. The smallest absolute Gasteiger partial charge is 0.411 e. The molecule has 4 aromatic rings. The Morgan fingerprint density at radius 3 is 2.67 bits per heavy atom. The number of hydrogen-bond donors (Lipinski definition) is 2. The molecule has 0 saturated heterocycles. The van der Waals surface area contributed by atoms with Gasteiger partial charge in [-0.2, -0.15) is 4.73 Å². The van der Waals surface area contributed by atoms with E-state index in [4.69, 9.17) is 16.3 Å². The number of nitrogens with one attached hydrogen (secondary N) is 2. The molecule has 2 bridgehead atoms. The summed E-state index contributed by atoms with van der Waals surface area (Å²) in [6.07, 6.45) is 2.35. The zero-order valence-corrected chi connectivity index (χ0v) is 23.3. The van der Waals surface area contributed by atoms with Gasteiger partial charge in [-0.05, 0) is 66.1 Å². The Kier molecular flexibility index (Phi) is 7.28. The number of halogens is 3. The number of nitrogens with zero attached hydrogens (tertiary/aromatic N) is 1. The number of hydrogen-bond acceptors (Lipinski definition) is 4. The van der Waals surface area contributed by atoms with Gasteiger partial charge in [0.1, 0.15) is 5.82 Å². The third-order valence-electron chi connectivity index (χ3n) is 8.01. The van der Waals surface area contributed by atoms with Crippen molar-refractivity contribution in [3.8, 4) is 22.3 Å². The van der Waals surface area contributed by atoms with E-state index in [1.165, 1.54) is 19.4 Å². The summed E-state index contributed by atoms with van der Waals surface area (Å²) >= 11 is 5.88.